The fourth-order valence-corrected chi connectivity index (χ4v) is 2.81. The van der Waals surface area contributed by atoms with Crippen LogP contribution in [0.25, 0.3) is 0 Å². The Labute approximate surface area is 152 Å². The van der Waals surface area contributed by atoms with E-state index < -0.39 is 35.4 Å². The maximum Gasteiger partial charge on any atom is 0.194 e. The van der Waals surface area contributed by atoms with Crippen LogP contribution in [0, 0.1) is 23.3 Å². The van der Waals surface area contributed by atoms with Gasteiger partial charge in [0.25, 0.3) is 0 Å². The highest BCUT2D eigenvalue weighted by Gasteiger charge is 2.19. The first-order valence-electron chi connectivity index (χ1n) is 7.95. The number of ether oxygens (including phenoxy) is 1. The first kappa shape index (κ1) is 18.6. The summed E-state index contributed by atoms with van der Waals surface area (Å²) in [5.41, 5.74) is -0.129. The van der Waals surface area contributed by atoms with Crippen molar-refractivity contribution >= 4 is 23.0 Å². The van der Waals surface area contributed by atoms with Crippen LogP contribution >= 0.6 is 12.2 Å². The fourth-order valence-electron chi connectivity index (χ4n) is 2.61. The van der Waals surface area contributed by atoms with E-state index in [1.54, 1.807) is 0 Å². The van der Waals surface area contributed by atoms with E-state index in [0.29, 0.717) is 23.4 Å². The number of rotatable bonds is 5. The molecule has 2 heterocycles. The predicted molar refractivity (Wildman–Crippen MR) is 90.8 cm³/mol. The lowest BCUT2D eigenvalue weighted by Gasteiger charge is -2.13. The molecule has 0 spiro atoms. The van der Waals surface area contributed by atoms with E-state index in [9.17, 15) is 17.6 Å². The van der Waals surface area contributed by atoms with Crippen molar-refractivity contribution in [1.29, 1.82) is 0 Å². The summed E-state index contributed by atoms with van der Waals surface area (Å²) in [5.74, 6) is -6.04. The van der Waals surface area contributed by atoms with Crippen LogP contribution in [-0.2, 0) is 11.3 Å². The van der Waals surface area contributed by atoms with Crippen molar-refractivity contribution in [3.8, 4) is 0 Å². The molecule has 0 amide bonds. The van der Waals surface area contributed by atoms with Gasteiger partial charge in [-0.2, -0.15) is 5.10 Å². The summed E-state index contributed by atoms with van der Waals surface area (Å²) in [6.07, 6.45) is 4.96. The Morgan fingerprint density at radius 3 is 2.81 bits per heavy atom. The molecule has 1 fully saturated rings. The zero-order valence-corrected chi connectivity index (χ0v) is 14.4. The minimum atomic E-state index is -1.72. The fraction of sp³-hybridized carbons (Fsp3) is 0.375. The molecule has 140 valence electrons. The quantitative estimate of drug-likeness (QED) is 0.357. The SMILES string of the molecule is Fc1cc(F)c(Cn2cc(NC(=S)NCC3CCCO3)cn2)c(F)c1F. The summed E-state index contributed by atoms with van der Waals surface area (Å²) >= 11 is 5.16. The Morgan fingerprint density at radius 1 is 1.27 bits per heavy atom. The molecule has 1 unspecified atom stereocenters. The number of hydrogen-bond acceptors (Lipinski definition) is 3. The molecular formula is C16H16F4N4OS. The largest absolute Gasteiger partial charge is 0.376 e. The molecule has 2 aromatic rings. The number of aromatic nitrogens is 2. The zero-order chi connectivity index (χ0) is 18.7. The summed E-state index contributed by atoms with van der Waals surface area (Å²) in [7, 11) is 0. The minimum Gasteiger partial charge on any atom is -0.376 e. The second-order valence-electron chi connectivity index (χ2n) is 5.84. The average molecular weight is 388 g/mol. The molecule has 5 nitrogen and oxygen atoms in total. The molecular weight excluding hydrogens is 372 g/mol. The van der Waals surface area contributed by atoms with Gasteiger partial charge in [0.2, 0.25) is 0 Å². The van der Waals surface area contributed by atoms with Gasteiger partial charge in [0.05, 0.1) is 24.5 Å². The van der Waals surface area contributed by atoms with Crippen LogP contribution in [0.5, 0.6) is 0 Å². The Kier molecular flexibility index (Phi) is 5.72. The van der Waals surface area contributed by atoms with Crippen LogP contribution in [0.3, 0.4) is 0 Å². The average Bonchev–Trinajstić information content (AvgIpc) is 3.27. The third-order valence-corrected chi connectivity index (χ3v) is 4.18. The number of halogens is 4. The number of anilines is 1. The topological polar surface area (TPSA) is 51.1 Å². The summed E-state index contributed by atoms with van der Waals surface area (Å²) < 4.78 is 60.3. The van der Waals surface area contributed by atoms with Crippen molar-refractivity contribution in [2.45, 2.75) is 25.5 Å². The second-order valence-corrected chi connectivity index (χ2v) is 6.25. The van der Waals surface area contributed by atoms with Crippen LogP contribution < -0.4 is 10.6 Å². The molecule has 1 aliphatic rings. The molecule has 1 aromatic heterocycles. The van der Waals surface area contributed by atoms with E-state index in [2.05, 4.69) is 15.7 Å². The molecule has 1 saturated heterocycles. The van der Waals surface area contributed by atoms with Crippen molar-refractivity contribution in [1.82, 2.24) is 15.1 Å². The van der Waals surface area contributed by atoms with Crippen LogP contribution in [0.2, 0.25) is 0 Å². The third-order valence-electron chi connectivity index (χ3n) is 3.93. The van der Waals surface area contributed by atoms with Gasteiger partial charge in [0, 0.05) is 31.0 Å². The summed E-state index contributed by atoms with van der Waals surface area (Å²) in [6, 6.07) is 0.306. The molecule has 0 radical (unpaired) electrons. The van der Waals surface area contributed by atoms with Gasteiger partial charge in [-0.15, -0.1) is 0 Å². The standard InChI is InChI=1S/C16H16F4N4OS/c17-12-4-13(18)15(20)14(19)11(12)8-24-7-9(5-22-24)23-16(26)21-6-10-2-1-3-25-10/h4-5,7,10H,1-3,6,8H2,(H2,21,23,26). The van der Waals surface area contributed by atoms with Gasteiger partial charge >= 0.3 is 0 Å². The van der Waals surface area contributed by atoms with Gasteiger partial charge in [-0.05, 0) is 25.1 Å². The van der Waals surface area contributed by atoms with Crippen molar-refractivity contribution in [2.75, 3.05) is 18.5 Å². The van der Waals surface area contributed by atoms with Crippen molar-refractivity contribution < 1.29 is 22.3 Å². The molecule has 1 atom stereocenters. The summed E-state index contributed by atoms with van der Waals surface area (Å²) in [4.78, 5) is 0. The van der Waals surface area contributed by atoms with E-state index in [4.69, 9.17) is 17.0 Å². The highest BCUT2D eigenvalue weighted by molar-refractivity contribution is 7.80. The first-order valence-corrected chi connectivity index (χ1v) is 8.35. The van der Waals surface area contributed by atoms with Crippen molar-refractivity contribution in [3.63, 3.8) is 0 Å². The number of thiocarbonyl (C=S) groups is 1. The molecule has 26 heavy (non-hydrogen) atoms. The van der Waals surface area contributed by atoms with Gasteiger partial charge in [0.15, 0.2) is 22.6 Å². The van der Waals surface area contributed by atoms with E-state index >= 15 is 0 Å². The maximum absolute atomic E-state index is 13.7. The second kappa shape index (κ2) is 8.00. The molecule has 10 heteroatoms. The monoisotopic (exact) mass is 388 g/mol. The molecule has 2 N–H and O–H groups in total. The van der Waals surface area contributed by atoms with Gasteiger partial charge < -0.3 is 15.4 Å². The first-order chi connectivity index (χ1) is 12.4. The zero-order valence-electron chi connectivity index (χ0n) is 13.6. The number of nitrogens with one attached hydrogen (secondary N) is 2. The Morgan fingerprint density at radius 2 is 2.08 bits per heavy atom. The lowest BCUT2D eigenvalue weighted by Crippen LogP contribution is -2.34. The molecule has 0 bridgehead atoms. The lowest BCUT2D eigenvalue weighted by atomic mass is 10.2. The van der Waals surface area contributed by atoms with Crippen LogP contribution in [0.15, 0.2) is 18.5 Å². The van der Waals surface area contributed by atoms with Crippen molar-refractivity contribution in [3.05, 3.63) is 47.3 Å². The lowest BCUT2D eigenvalue weighted by molar-refractivity contribution is 0.114. The Balaban J connectivity index is 1.59. The van der Waals surface area contributed by atoms with Gasteiger partial charge in [-0.3, -0.25) is 4.68 Å². The van der Waals surface area contributed by atoms with E-state index in [1.807, 2.05) is 0 Å². The molecule has 1 aliphatic heterocycles. The highest BCUT2D eigenvalue weighted by Crippen LogP contribution is 2.20. The Hall–Kier alpha value is -2.20. The van der Waals surface area contributed by atoms with Crippen LogP contribution in [0.1, 0.15) is 18.4 Å². The van der Waals surface area contributed by atoms with Gasteiger partial charge in [0.1, 0.15) is 5.82 Å². The highest BCUT2D eigenvalue weighted by atomic mass is 32.1. The third kappa shape index (κ3) is 4.31. The predicted octanol–water partition coefficient (Wildman–Crippen LogP) is 2.95. The van der Waals surface area contributed by atoms with E-state index in [1.165, 1.54) is 17.1 Å². The molecule has 0 aliphatic carbocycles. The normalized spacial score (nSPS) is 16.7. The number of nitrogens with zero attached hydrogens (tertiary/aromatic N) is 2. The molecule has 0 saturated carbocycles. The maximum atomic E-state index is 13.7. The smallest absolute Gasteiger partial charge is 0.194 e. The van der Waals surface area contributed by atoms with Crippen LogP contribution in [-0.4, -0.2) is 34.1 Å². The van der Waals surface area contributed by atoms with E-state index in [-0.39, 0.29) is 6.10 Å². The van der Waals surface area contributed by atoms with Crippen molar-refractivity contribution in [2.24, 2.45) is 0 Å². The van der Waals surface area contributed by atoms with Crippen LogP contribution in [0.4, 0.5) is 23.2 Å². The number of benzene rings is 1. The summed E-state index contributed by atoms with van der Waals surface area (Å²) in [5, 5.41) is 10.2. The van der Waals surface area contributed by atoms with Gasteiger partial charge in [-0.1, -0.05) is 0 Å². The summed E-state index contributed by atoms with van der Waals surface area (Å²) in [6.45, 7) is 0.925. The van der Waals surface area contributed by atoms with Gasteiger partial charge in [-0.25, -0.2) is 17.6 Å². The molecule has 3 rings (SSSR count). The van der Waals surface area contributed by atoms with E-state index in [0.717, 1.165) is 19.4 Å². The number of hydrogen-bond donors (Lipinski definition) is 2. The Bertz CT molecular complexity index is 808. The molecule has 1 aromatic carbocycles. The minimum absolute atomic E-state index is 0.122.